The third-order valence-electron chi connectivity index (χ3n) is 4.22. The Morgan fingerprint density at radius 2 is 1.50 bits per heavy atom. The molecule has 5 nitrogen and oxygen atoms in total. The van der Waals surface area contributed by atoms with Crippen LogP contribution < -0.4 is 9.83 Å². The summed E-state index contributed by atoms with van der Waals surface area (Å²) in [6.45, 7) is 7.45. The first-order valence-corrected chi connectivity index (χ1v) is 8.99. The van der Waals surface area contributed by atoms with Gasteiger partial charge in [-0.15, -0.1) is 0 Å². The van der Waals surface area contributed by atoms with Gasteiger partial charge in [0.1, 0.15) is 0 Å². The van der Waals surface area contributed by atoms with E-state index in [0.29, 0.717) is 10.5 Å². The Bertz CT molecular complexity index is 858. The largest absolute Gasteiger partial charge is 0.545 e. The van der Waals surface area contributed by atoms with Gasteiger partial charge in [-0.25, -0.2) is 13.1 Å². The lowest BCUT2D eigenvalue weighted by Gasteiger charge is -2.16. The fourth-order valence-electron chi connectivity index (χ4n) is 2.59. The summed E-state index contributed by atoms with van der Waals surface area (Å²) in [7, 11) is -3.67. The van der Waals surface area contributed by atoms with E-state index in [0.717, 1.165) is 22.3 Å². The molecule has 0 unspecified atom stereocenters. The zero-order valence-electron chi connectivity index (χ0n) is 14.1. The predicted octanol–water partition coefficient (Wildman–Crippen LogP) is 1.76. The molecule has 0 heterocycles. The number of carbonyl (C=O) groups excluding carboxylic acids is 1. The SMILES string of the molecule is Cc1cc(C)c(C)c(S(=O)(=O)NCc2ccc(C(=O)[O-])cc2)c1C. The molecule has 0 amide bonds. The van der Waals surface area contributed by atoms with Gasteiger partial charge in [-0.05, 0) is 61.1 Å². The van der Waals surface area contributed by atoms with Gasteiger partial charge in [0, 0.05) is 6.54 Å². The summed E-state index contributed by atoms with van der Waals surface area (Å²) in [6.07, 6.45) is 0. The van der Waals surface area contributed by atoms with Crippen LogP contribution in [0, 0.1) is 27.7 Å². The third-order valence-corrected chi connectivity index (χ3v) is 5.90. The molecule has 0 atom stereocenters. The smallest absolute Gasteiger partial charge is 0.241 e. The molecule has 0 aliphatic rings. The van der Waals surface area contributed by atoms with E-state index in [9.17, 15) is 18.3 Å². The Morgan fingerprint density at radius 1 is 1.00 bits per heavy atom. The highest BCUT2D eigenvalue weighted by molar-refractivity contribution is 7.89. The Labute approximate surface area is 142 Å². The van der Waals surface area contributed by atoms with Crippen molar-refractivity contribution in [1.29, 1.82) is 0 Å². The lowest BCUT2D eigenvalue weighted by molar-refractivity contribution is -0.255. The fourth-order valence-corrected chi connectivity index (χ4v) is 4.22. The van der Waals surface area contributed by atoms with E-state index in [2.05, 4.69) is 4.72 Å². The molecular formula is C18H20NO4S-. The highest BCUT2D eigenvalue weighted by atomic mass is 32.2. The maximum atomic E-state index is 12.7. The Morgan fingerprint density at radius 3 is 1.96 bits per heavy atom. The van der Waals surface area contributed by atoms with Crippen molar-refractivity contribution in [2.75, 3.05) is 0 Å². The summed E-state index contributed by atoms with van der Waals surface area (Å²) in [5.74, 6) is -1.26. The number of nitrogens with one attached hydrogen (secondary N) is 1. The summed E-state index contributed by atoms with van der Waals surface area (Å²) >= 11 is 0. The molecule has 2 aromatic carbocycles. The minimum Gasteiger partial charge on any atom is -0.545 e. The first kappa shape index (κ1) is 18.2. The van der Waals surface area contributed by atoms with E-state index in [1.165, 1.54) is 12.1 Å². The van der Waals surface area contributed by atoms with E-state index in [1.54, 1.807) is 26.0 Å². The van der Waals surface area contributed by atoms with Gasteiger partial charge in [0.25, 0.3) is 0 Å². The van der Waals surface area contributed by atoms with Gasteiger partial charge in [0.05, 0.1) is 10.9 Å². The van der Waals surface area contributed by atoms with Crippen molar-refractivity contribution in [3.05, 3.63) is 63.7 Å². The molecule has 0 saturated carbocycles. The average Bonchev–Trinajstić information content (AvgIpc) is 2.51. The van der Waals surface area contributed by atoms with E-state index >= 15 is 0 Å². The van der Waals surface area contributed by atoms with E-state index in [-0.39, 0.29) is 12.1 Å². The van der Waals surface area contributed by atoms with Crippen LogP contribution in [0.3, 0.4) is 0 Å². The first-order chi connectivity index (χ1) is 11.1. The Kier molecular flexibility index (Phi) is 5.11. The molecule has 6 heteroatoms. The van der Waals surface area contributed by atoms with Crippen LogP contribution in [0.4, 0.5) is 0 Å². The number of sulfonamides is 1. The molecule has 0 aromatic heterocycles. The summed E-state index contributed by atoms with van der Waals surface area (Å²) in [5.41, 5.74) is 4.05. The lowest BCUT2D eigenvalue weighted by atomic mass is 10.0. The zero-order chi connectivity index (χ0) is 18.1. The van der Waals surface area contributed by atoms with Crippen LogP contribution in [-0.2, 0) is 16.6 Å². The van der Waals surface area contributed by atoms with Crippen molar-refractivity contribution in [3.63, 3.8) is 0 Å². The van der Waals surface area contributed by atoms with Gasteiger partial charge < -0.3 is 9.90 Å². The number of aryl methyl sites for hydroxylation is 2. The molecule has 0 aliphatic carbocycles. The molecule has 0 radical (unpaired) electrons. The quantitative estimate of drug-likeness (QED) is 0.894. The van der Waals surface area contributed by atoms with Crippen LogP contribution in [0.15, 0.2) is 35.2 Å². The fraction of sp³-hybridized carbons (Fsp3) is 0.278. The molecule has 2 rings (SSSR count). The van der Waals surface area contributed by atoms with Crippen LogP contribution in [0.25, 0.3) is 0 Å². The Hall–Kier alpha value is -2.18. The molecular weight excluding hydrogens is 326 g/mol. The molecule has 0 saturated heterocycles. The maximum Gasteiger partial charge on any atom is 0.241 e. The van der Waals surface area contributed by atoms with Gasteiger partial charge in [-0.3, -0.25) is 0 Å². The number of carboxylic acids is 1. The molecule has 24 heavy (non-hydrogen) atoms. The van der Waals surface area contributed by atoms with Crippen molar-refractivity contribution < 1.29 is 18.3 Å². The second-order valence-electron chi connectivity index (χ2n) is 5.90. The normalized spacial score (nSPS) is 11.5. The van der Waals surface area contributed by atoms with Gasteiger partial charge in [-0.2, -0.15) is 0 Å². The van der Waals surface area contributed by atoms with Crippen molar-refractivity contribution >= 4 is 16.0 Å². The van der Waals surface area contributed by atoms with Crippen molar-refractivity contribution in [2.45, 2.75) is 39.1 Å². The predicted molar refractivity (Wildman–Crippen MR) is 90.2 cm³/mol. The van der Waals surface area contributed by atoms with Crippen molar-refractivity contribution in [1.82, 2.24) is 4.72 Å². The molecule has 0 fully saturated rings. The van der Waals surface area contributed by atoms with E-state index in [1.807, 2.05) is 19.9 Å². The number of aromatic carboxylic acids is 1. The van der Waals surface area contributed by atoms with E-state index in [4.69, 9.17) is 0 Å². The molecule has 0 aliphatic heterocycles. The highest BCUT2D eigenvalue weighted by Gasteiger charge is 2.21. The van der Waals surface area contributed by atoms with Gasteiger partial charge >= 0.3 is 0 Å². The van der Waals surface area contributed by atoms with Crippen LogP contribution in [0.1, 0.15) is 38.2 Å². The van der Waals surface area contributed by atoms with Crippen molar-refractivity contribution in [2.24, 2.45) is 0 Å². The van der Waals surface area contributed by atoms with Crippen LogP contribution in [0.5, 0.6) is 0 Å². The maximum absolute atomic E-state index is 12.7. The molecule has 0 bridgehead atoms. The summed E-state index contributed by atoms with van der Waals surface area (Å²) < 4.78 is 28.0. The summed E-state index contributed by atoms with van der Waals surface area (Å²) in [5, 5.41) is 10.7. The number of hydrogen-bond acceptors (Lipinski definition) is 4. The highest BCUT2D eigenvalue weighted by Crippen LogP contribution is 2.26. The minimum absolute atomic E-state index is 0.0580. The van der Waals surface area contributed by atoms with Gasteiger partial charge in [0.15, 0.2) is 0 Å². The first-order valence-electron chi connectivity index (χ1n) is 7.51. The van der Waals surface area contributed by atoms with Crippen LogP contribution in [0.2, 0.25) is 0 Å². The number of hydrogen-bond donors (Lipinski definition) is 1. The molecule has 0 spiro atoms. The molecule has 2 aromatic rings. The second-order valence-corrected chi connectivity index (χ2v) is 7.60. The topological polar surface area (TPSA) is 86.3 Å². The zero-order valence-corrected chi connectivity index (χ0v) is 15.0. The standard InChI is InChI=1S/C18H21NO4S/c1-11-9-12(2)14(4)17(13(11)3)24(22,23)19-10-15-5-7-16(8-6-15)18(20)21/h5-9,19H,10H2,1-4H3,(H,20,21)/p-1. The van der Waals surface area contributed by atoms with Crippen LogP contribution in [-0.4, -0.2) is 14.4 Å². The summed E-state index contributed by atoms with van der Waals surface area (Å²) in [6, 6.07) is 7.89. The van der Waals surface area contributed by atoms with E-state index < -0.39 is 16.0 Å². The second kappa shape index (κ2) is 6.75. The number of carboxylic acid groups (broad SMARTS) is 1. The van der Waals surface area contributed by atoms with Gasteiger partial charge in [-0.1, -0.05) is 30.3 Å². The van der Waals surface area contributed by atoms with Gasteiger partial charge in [0.2, 0.25) is 10.0 Å². The lowest BCUT2D eigenvalue weighted by Crippen LogP contribution is -2.25. The minimum atomic E-state index is -3.67. The number of carbonyl (C=O) groups is 1. The monoisotopic (exact) mass is 346 g/mol. The molecule has 128 valence electrons. The number of benzene rings is 2. The summed E-state index contributed by atoms with van der Waals surface area (Å²) in [4.78, 5) is 11.0. The molecule has 1 N–H and O–H groups in total. The third kappa shape index (κ3) is 3.66. The average molecular weight is 346 g/mol. The Balaban J connectivity index is 2.28. The van der Waals surface area contributed by atoms with Crippen molar-refractivity contribution in [3.8, 4) is 0 Å². The number of rotatable bonds is 5. The van der Waals surface area contributed by atoms with Crippen LogP contribution >= 0.6 is 0 Å².